The van der Waals surface area contributed by atoms with E-state index in [-0.39, 0.29) is 84.0 Å². The smallest absolute Gasteiger partial charge is 0.325 e. The predicted octanol–water partition coefficient (Wildman–Crippen LogP) is 0.0830. The summed E-state index contributed by atoms with van der Waals surface area (Å²) in [5.41, 5.74) is -1.65. The molecule has 3 rings (SSSR count). The van der Waals surface area contributed by atoms with Gasteiger partial charge in [0.1, 0.15) is 84.8 Å². The number of nitrogens with zero attached hydrogens (tertiary/aromatic N) is 2. The zero-order valence-electron chi connectivity index (χ0n) is 76.1. The Morgan fingerprint density at radius 3 is 1.17 bits per heavy atom. The molecule has 3 fully saturated rings. The van der Waals surface area contributed by atoms with Crippen LogP contribution >= 0.6 is 23.5 Å². The van der Waals surface area contributed by atoms with Crippen LogP contribution in [0.2, 0.25) is 0 Å². The number of rotatable bonds is 50. The summed E-state index contributed by atoms with van der Waals surface area (Å²) < 4.78 is 15.0. The van der Waals surface area contributed by atoms with Gasteiger partial charge in [0.25, 0.3) is 11.8 Å². The van der Waals surface area contributed by atoms with Gasteiger partial charge in [0, 0.05) is 83.5 Å². The molecule has 127 heavy (non-hydrogen) atoms. The Kier molecular flexibility index (Phi) is 47.7. The van der Waals surface area contributed by atoms with Gasteiger partial charge in [-0.25, -0.2) is 0 Å². The number of Topliss-reactive ketones (excluding diaryl/α,β-unsaturated/α-hetero) is 2. The van der Waals surface area contributed by atoms with E-state index in [1.807, 2.05) is 6.92 Å². The fraction of sp³-hybridized carbons (Fsp3) is 0.702. The van der Waals surface area contributed by atoms with Crippen LogP contribution in [0.15, 0.2) is 25.3 Å². The predicted molar refractivity (Wildman–Crippen MR) is 465 cm³/mol. The molecule has 714 valence electrons. The molecule has 41 nitrogen and oxygen atoms in total. The molecule has 0 radical (unpaired) electrons. The van der Waals surface area contributed by atoms with Crippen LogP contribution in [0.3, 0.4) is 0 Å². The number of amides is 14. The molecule has 0 saturated carbocycles. The first-order valence-corrected chi connectivity index (χ1v) is 44.5. The lowest BCUT2D eigenvalue weighted by Crippen LogP contribution is -2.61. The van der Waals surface area contributed by atoms with Crippen LogP contribution in [0.1, 0.15) is 215 Å². The van der Waals surface area contributed by atoms with Crippen molar-refractivity contribution in [2.75, 3.05) is 44.3 Å². The van der Waals surface area contributed by atoms with Crippen molar-refractivity contribution in [2.45, 2.75) is 308 Å². The normalized spacial score (nSPS) is 17.6. The Morgan fingerprint density at radius 1 is 0.449 bits per heavy atom. The minimum Gasteiger partial charge on any atom is -0.481 e. The molecule has 13 atom stereocenters. The second kappa shape index (κ2) is 53.9. The number of thioether (sulfide) groups is 2. The van der Waals surface area contributed by atoms with Crippen molar-refractivity contribution in [2.24, 2.45) is 23.7 Å². The van der Waals surface area contributed by atoms with E-state index in [1.54, 1.807) is 127 Å². The minimum absolute atomic E-state index is 0.0105. The van der Waals surface area contributed by atoms with Crippen molar-refractivity contribution in [3.05, 3.63) is 25.3 Å². The molecule has 0 aliphatic carbocycles. The third kappa shape index (κ3) is 39.7. The van der Waals surface area contributed by atoms with Gasteiger partial charge in [-0.2, -0.15) is 0 Å². The van der Waals surface area contributed by atoms with Crippen LogP contribution in [0.5, 0.6) is 0 Å². The number of hydrogen-bond donors (Lipinski definition) is 15. The SMILES string of the molecule is C=CCNC(=O)C(=O)C(CCC)NC(=O)[C@@H]1CC2(CN1C(=O)C(NC(=O)C(NC(=O)C(CCC(=O)OC(C)(C)C)NC(=O)C(CCC(=O)OC(C)(C)C)NC(C)=O)C(C)C)C(C)C)SCCS2.C=CCOC(=O)CNC(=O)C(=O)C(CCC)NC(=O)[C@@H]1C[C@@H](O)CN1C(=O)C(NC(=O)C(NC(=O)C(CCC(=O)O)NC(=O)C(CCC(=O)O)NC(C)=O)C(C)C)C(C)C. The number of carbonyl (C=O) groups is 21. The first kappa shape index (κ1) is 112. The fourth-order valence-electron chi connectivity index (χ4n) is 13.4. The molecule has 0 aromatic carbocycles. The molecule has 43 heteroatoms. The summed E-state index contributed by atoms with van der Waals surface area (Å²) in [6, 6.07) is -15.7. The van der Waals surface area contributed by atoms with E-state index >= 15 is 0 Å². The Labute approximate surface area is 749 Å². The molecular formula is C84H134N14O27S2. The van der Waals surface area contributed by atoms with Gasteiger partial charge in [-0.3, -0.25) is 101 Å². The number of carboxylic acids is 2. The summed E-state index contributed by atoms with van der Waals surface area (Å²) in [5.74, 6) is -18.8. The summed E-state index contributed by atoms with van der Waals surface area (Å²) in [6.45, 7) is 35.0. The number of ketones is 2. The van der Waals surface area contributed by atoms with Crippen molar-refractivity contribution in [1.29, 1.82) is 0 Å². The lowest BCUT2D eigenvalue weighted by atomic mass is 9.98. The number of carbonyl (C=O) groups excluding carboxylic acids is 19. The summed E-state index contributed by atoms with van der Waals surface area (Å²) in [7, 11) is 0. The van der Waals surface area contributed by atoms with Crippen molar-refractivity contribution >= 4 is 148 Å². The molecule has 0 bridgehead atoms. The highest BCUT2D eigenvalue weighted by Crippen LogP contribution is 2.52. The summed E-state index contributed by atoms with van der Waals surface area (Å²) >= 11 is 3.26. The fourth-order valence-corrected chi connectivity index (χ4v) is 16.6. The van der Waals surface area contributed by atoms with Crippen molar-refractivity contribution in [1.82, 2.24) is 73.6 Å². The van der Waals surface area contributed by atoms with E-state index < -0.39 is 267 Å². The second-order valence-corrected chi connectivity index (χ2v) is 37.7. The quantitative estimate of drug-likeness (QED) is 0.0166. The number of likely N-dealkylation sites (tertiary alicyclic amines) is 2. The third-order valence-corrected chi connectivity index (χ3v) is 23.0. The second-order valence-electron chi connectivity index (χ2n) is 34.4. The van der Waals surface area contributed by atoms with E-state index in [2.05, 4.69) is 77.0 Å². The summed E-state index contributed by atoms with van der Waals surface area (Å²) in [5, 5.41) is 59.0. The molecule has 0 aromatic heterocycles. The molecular weight excluding hydrogens is 1700 g/mol. The average Bonchev–Trinajstić information content (AvgIpc) is 1.61. The van der Waals surface area contributed by atoms with Crippen LogP contribution in [0, 0.1) is 23.7 Å². The number of aliphatic hydroxyl groups excluding tert-OH is 1. The molecule has 3 aliphatic heterocycles. The highest BCUT2D eigenvalue weighted by Gasteiger charge is 2.54. The molecule has 15 N–H and O–H groups in total. The molecule has 3 aliphatic rings. The van der Waals surface area contributed by atoms with Crippen molar-refractivity contribution in [3.63, 3.8) is 0 Å². The molecule has 3 heterocycles. The maximum absolute atomic E-state index is 14.7. The van der Waals surface area contributed by atoms with Crippen molar-refractivity contribution < 1.29 is 130 Å². The number of carboxylic acid groups (broad SMARTS) is 2. The highest BCUT2D eigenvalue weighted by atomic mass is 32.2. The molecule has 14 amide bonds. The van der Waals surface area contributed by atoms with Crippen LogP contribution in [-0.2, 0) is 115 Å². The maximum atomic E-state index is 14.7. The standard InChI is InChI=1S/C46H75N7O12S2.C38H59N7O15/c1-14-16-29(37(57)42(62)47-21-15-2)49-40(60)32-24-46(66-22-23-67-46)25-53(32)43(63)36(27(5)6)52-41(61)35(26(3)4)51-39(59)31(18-20-34(56)65-45(11,12)13)50-38(58)30(48-28(7)54)17-19-33(55)64-44(8,9)10;1-8-10-23(32(53)37(58)39-17-29(52)60-15-9-2)41-35(56)26-16-22(47)18-45(26)38(59)31(20(5)6)44-36(57)30(19(3)4)43-34(55)25(12-14-28(50)51)42-33(54)24(40-21(7)46)11-13-27(48)49/h15,26-27,29-32,35-36H,2,14,16-25H2,1,3-13H3,(H,47,62)(H,48,54)(H,49,60)(H,50,58)(H,51,59)(H,52,61);9,19-20,22-26,30-31,47H,2,8,10-18H2,1,3-7H3,(H,39,58)(H,40,46)(H,41,56)(H,42,54)(H,43,55)(H,44,57)(H,48,49)(H,50,51)/t29?,30?,31?,32-,35?,36?;22-,23?,24?,25?,26+,30?,31?/m01/s1. The van der Waals surface area contributed by atoms with Crippen LogP contribution in [0.4, 0.5) is 0 Å². The number of nitrogens with one attached hydrogen (secondary N) is 12. The first-order chi connectivity index (χ1) is 59.1. The number of ether oxygens (including phenoxy) is 3. The third-order valence-electron chi connectivity index (χ3n) is 19.6. The monoisotopic (exact) mass is 1830 g/mol. The Bertz CT molecular complexity index is 3930. The topological polar surface area (TPSA) is 598 Å². The van der Waals surface area contributed by atoms with E-state index in [0.29, 0.717) is 12.8 Å². The summed E-state index contributed by atoms with van der Waals surface area (Å²) in [6.07, 6.45) is -0.374. The van der Waals surface area contributed by atoms with Crippen LogP contribution in [0.25, 0.3) is 0 Å². The minimum atomic E-state index is -1.56. The average molecular weight is 1840 g/mol. The molecule has 1 spiro atoms. The zero-order valence-corrected chi connectivity index (χ0v) is 77.7. The molecule has 0 aromatic rings. The maximum Gasteiger partial charge on any atom is 0.325 e. The van der Waals surface area contributed by atoms with Gasteiger partial charge in [-0.1, -0.05) is 101 Å². The Balaban J connectivity index is 0.000000866. The van der Waals surface area contributed by atoms with E-state index in [1.165, 1.54) is 24.0 Å². The van der Waals surface area contributed by atoms with Gasteiger partial charge in [-0.05, 0) is 104 Å². The largest absolute Gasteiger partial charge is 0.481 e. The Morgan fingerprint density at radius 2 is 0.811 bits per heavy atom. The van der Waals surface area contributed by atoms with E-state index in [0.717, 1.165) is 23.3 Å². The highest BCUT2D eigenvalue weighted by molar-refractivity contribution is 8.21. The van der Waals surface area contributed by atoms with E-state index in [4.69, 9.17) is 19.3 Å². The lowest BCUT2D eigenvalue weighted by Gasteiger charge is -2.33. The number of β-amino-alcohol motifs (C(OH)–C–C–N with tert-alkyl or cyclic N) is 1. The van der Waals surface area contributed by atoms with Crippen molar-refractivity contribution in [3.8, 4) is 0 Å². The van der Waals surface area contributed by atoms with Gasteiger partial charge < -0.3 is 103 Å². The van der Waals surface area contributed by atoms with Gasteiger partial charge in [-0.15, -0.1) is 30.1 Å². The first-order valence-electron chi connectivity index (χ1n) is 42.5. The van der Waals surface area contributed by atoms with E-state index in [9.17, 15) is 111 Å². The zero-order chi connectivity index (χ0) is 96.9. The van der Waals surface area contributed by atoms with Crippen LogP contribution in [-0.4, -0.2) is 287 Å². The number of aliphatic hydroxyl groups is 1. The number of esters is 3. The van der Waals surface area contributed by atoms with Gasteiger partial charge in [0.2, 0.25) is 82.5 Å². The Hall–Kier alpha value is -10.6. The molecule has 10 unspecified atom stereocenters. The van der Waals surface area contributed by atoms with Gasteiger partial charge in [0.15, 0.2) is 0 Å². The summed E-state index contributed by atoms with van der Waals surface area (Å²) in [4.78, 5) is 276. The number of hydrogen-bond acceptors (Lipinski definition) is 27. The lowest BCUT2D eigenvalue weighted by molar-refractivity contribution is -0.156. The number of aliphatic carboxylic acids is 2. The van der Waals surface area contributed by atoms with Gasteiger partial charge in [0.05, 0.1) is 22.3 Å². The van der Waals surface area contributed by atoms with Crippen LogP contribution < -0.4 is 63.8 Å². The molecule has 3 saturated heterocycles. The van der Waals surface area contributed by atoms with Gasteiger partial charge >= 0.3 is 29.8 Å².